The van der Waals surface area contributed by atoms with Crippen molar-refractivity contribution in [2.75, 3.05) is 26.3 Å². The zero-order valence-electron chi connectivity index (χ0n) is 9.29. The van der Waals surface area contributed by atoms with Gasteiger partial charge in [-0.15, -0.1) is 0 Å². The number of hydrogen-bond acceptors (Lipinski definition) is 3. The average Bonchev–Trinajstić information content (AvgIpc) is 2.14. The third-order valence-corrected chi connectivity index (χ3v) is 1.71. The largest absolute Gasteiger partial charge is 0.480 e. The highest BCUT2D eigenvalue weighted by Gasteiger charge is 2.33. The van der Waals surface area contributed by atoms with Crippen LogP contribution in [0, 0.1) is 0 Å². The molecular formula is C9H14F3NO4. The van der Waals surface area contributed by atoms with Gasteiger partial charge >= 0.3 is 12.1 Å². The molecule has 0 aromatic heterocycles. The first kappa shape index (κ1) is 15.7. The van der Waals surface area contributed by atoms with Gasteiger partial charge in [-0.1, -0.05) is 0 Å². The van der Waals surface area contributed by atoms with Crippen LogP contribution in [0.5, 0.6) is 0 Å². The van der Waals surface area contributed by atoms with Crippen LogP contribution in [-0.2, 0) is 14.3 Å². The highest BCUT2D eigenvalue weighted by atomic mass is 19.4. The summed E-state index contributed by atoms with van der Waals surface area (Å²) in [5, 5.41) is 8.41. The summed E-state index contributed by atoms with van der Waals surface area (Å²) < 4.78 is 41.1. The Morgan fingerprint density at radius 1 is 1.35 bits per heavy atom. The van der Waals surface area contributed by atoms with Crippen molar-refractivity contribution in [3.05, 3.63) is 0 Å². The molecule has 0 aliphatic carbocycles. The topological polar surface area (TPSA) is 66.8 Å². The van der Waals surface area contributed by atoms with Crippen molar-refractivity contribution in [2.24, 2.45) is 0 Å². The molecule has 0 aliphatic heterocycles. The number of carboxylic acid groups (broad SMARTS) is 1. The summed E-state index contributed by atoms with van der Waals surface area (Å²) in [5.41, 5.74) is 0. The van der Waals surface area contributed by atoms with E-state index in [2.05, 4.69) is 0 Å². The van der Waals surface area contributed by atoms with Gasteiger partial charge in [0.15, 0.2) is 0 Å². The molecule has 8 heteroatoms. The molecule has 1 N–H and O–H groups in total. The first-order valence-electron chi connectivity index (χ1n) is 4.90. The second kappa shape index (κ2) is 7.10. The van der Waals surface area contributed by atoms with Crippen molar-refractivity contribution >= 4 is 11.9 Å². The molecule has 0 saturated carbocycles. The van der Waals surface area contributed by atoms with Gasteiger partial charge in [-0.3, -0.25) is 9.59 Å². The number of carboxylic acids is 1. The lowest BCUT2D eigenvalue weighted by Gasteiger charge is -2.22. The summed E-state index contributed by atoms with van der Waals surface area (Å²) in [6, 6.07) is 0. The van der Waals surface area contributed by atoms with E-state index in [9.17, 15) is 22.8 Å². The summed E-state index contributed by atoms with van der Waals surface area (Å²) in [4.78, 5) is 21.9. The lowest BCUT2D eigenvalue weighted by Crippen LogP contribution is -2.42. The fourth-order valence-electron chi connectivity index (χ4n) is 1.07. The van der Waals surface area contributed by atoms with Gasteiger partial charge in [0.2, 0.25) is 5.91 Å². The fraction of sp³-hybridized carbons (Fsp3) is 0.778. The molecule has 0 unspecified atom stereocenters. The molecule has 0 aliphatic rings. The summed E-state index contributed by atoms with van der Waals surface area (Å²) >= 11 is 0. The maximum Gasteiger partial charge on any atom is 0.406 e. The van der Waals surface area contributed by atoms with E-state index in [-0.39, 0.29) is 17.9 Å². The maximum absolute atomic E-state index is 12.1. The van der Waals surface area contributed by atoms with Crippen molar-refractivity contribution in [1.82, 2.24) is 4.90 Å². The number of rotatable bonds is 7. The van der Waals surface area contributed by atoms with Crippen LogP contribution in [-0.4, -0.2) is 54.4 Å². The SMILES string of the molecule is CCOCCC(=O)N(CC(=O)O)CC(F)(F)F. The smallest absolute Gasteiger partial charge is 0.406 e. The molecule has 0 atom stereocenters. The van der Waals surface area contributed by atoms with Crippen LogP contribution >= 0.6 is 0 Å². The van der Waals surface area contributed by atoms with Crippen LogP contribution in [0.4, 0.5) is 13.2 Å². The predicted octanol–water partition coefficient (Wildman–Crippen LogP) is 0.888. The Balaban J connectivity index is 4.35. The van der Waals surface area contributed by atoms with E-state index < -0.39 is 31.1 Å². The average molecular weight is 257 g/mol. The predicted molar refractivity (Wildman–Crippen MR) is 51.4 cm³/mol. The molecule has 5 nitrogen and oxygen atoms in total. The lowest BCUT2D eigenvalue weighted by atomic mass is 10.3. The van der Waals surface area contributed by atoms with Gasteiger partial charge in [-0.05, 0) is 6.92 Å². The normalized spacial score (nSPS) is 11.3. The third-order valence-electron chi connectivity index (χ3n) is 1.71. The molecule has 0 saturated heterocycles. The number of carbonyl (C=O) groups is 2. The molecule has 100 valence electrons. The van der Waals surface area contributed by atoms with Gasteiger partial charge in [-0.25, -0.2) is 0 Å². The van der Waals surface area contributed by atoms with E-state index in [1.165, 1.54) is 0 Å². The van der Waals surface area contributed by atoms with Crippen LogP contribution in [0.2, 0.25) is 0 Å². The molecule has 0 heterocycles. The zero-order valence-corrected chi connectivity index (χ0v) is 9.29. The number of carbonyl (C=O) groups excluding carboxylic acids is 1. The summed E-state index contributed by atoms with van der Waals surface area (Å²) in [5.74, 6) is -2.38. The fourth-order valence-corrected chi connectivity index (χ4v) is 1.07. The van der Waals surface area contributed by atoms with E-state index in [1.807, 2.05) is 0 Å². The Labute approximate surface area is 96.1 Å². The molecule has 0 rings (SSSR count). The molecule has 0 radical (unpaired) electrons. The summed E-state index contributed by atoms with van der Waals surface area (Å²) in [6.07, 6.45) is -4.88. The number of aliphatic carboxylic acids is 1. The summed E-state index contributed by atoms with van der Waals surface area (Å²) in [7, 11) is 0. The van der Waals surface area contributed by atoms with Crippen LogP contribution in [0.3, 0.4) is 0 Å². The second-order valence-corrected chi connectivity index (χ2v) is 3.21. The number of hydrogen-bond donors (Lipinski definition) is 1. The quantitative estimate of drug-likeness (QED) is 0.688. The second-order valence-electron chi connectivity index (χ2n) is 3.21. The Hall–Kier alpha value is -1.31. The van der Waals surface area contributed by atoms with Crippen LogP contribution in [0.1, 0.15) is 13.3 Å². The number of nitrogens with zero attached hydrogens (tertiary/aromatic N) is 1. The lowest BCUT2D eigenvalue weighted by molar-refractivity contribution is -0.166. The van der Waals surface area contributed by atoms with Crippen LogP contribution in [0.15, 0.2) is 0 Å². The van der Waals surface area contributed by atoms with Crippen molar-refractivity contribution in [1.29, 1.82) is 0 Å². The van der Waals surface area contributed by atoms with Gasteiger partial charge in [0.1, 0.15) is 13.1 Å². The van der Waals surface area contributed by atoms with E-state index in [0.717, 1.165) is 0 Å². The van der Waals surface area contributed by atoms with Gasteiger partial charge in [0, 0.05) is 6.61 Å². The van der Waals surface area contributed by atoms with Crippen molar-refractivity contribution in [3.8, 4) is 0 Å². The van der Waals surface area contributed by atoms with Crippen LogP contribution < -0.4 is 0 Å². The first-order valence-corrected chi connectivity index (χ1v) is 4.90. The zero-order chi connectivity index (χ0) is 13.5. The Bertz CT molecular complexity index is 267. The minimum absolute atomic E-state index is 0.0245. The molecule has 0 bridgehead atoms. The number of ether oxygens (including phenoxy) is 1. The van der Waals surface area contributed by atoms with E-state index in [0.29, 0.717) is 6.61 Å². The van der Waals surface area contributed by atoms with Gasteiger partial charge in [0.05, 0.1) is 13.0 Å². The van der Waals surface area contributed by atoms with Crippen molar-refractivity contribution < 1.29 is 32.6 Å². The molecule has 0 spiro atoms. The molecule has 0 aromatic rings. The minimum Gasteiger partial charge on any atom is -0.480 e. The standard InChI is InChI=1S/C9H14F3NO4/c1-2-17-4-3-7(14)13(5-8(15)16)6-9(10,11)12/h2-6H2,1H3,(H,15,16). The molecule has 0 fully saturated rings. The molecule has 17 heavy (non-hydrogen) atoms. The van der Waals surface area contributed by atoms with Crippen LogP contribution in [0.25, 0.3) is 0 Å². The first-order chi connectivity index (χ1) is 7.76. The molecule has 1 amide bonds. The highest BCUT2D eigenvalue weighted by Crippen LogP contribution is 2.16. The number of amides is 1. The molecule has 0 aromatic carbocycles. The van der Waals surface area contributed by atoms with Gasteiger partial charge < -0.3 is 14.7 Å². The van der Waals surface area contributed by atoms with Gasteiger partial charge in [-0.2, -0.15) is 13.2 Å². The van der Waals surface area contributed by atoms with Crippen molar-refractivity contribution in [2.45, 2.75) is 19.5 Å². The minimum atomic E-state index is -4.61. The Kier molecular flexibility index (Phi) is 6.55. The van der Waals surface area contributed by atoms with E-state index >= 15 is 0 Å². The number of halogens is 3. The summed E-state index contributed by atoms with van der Waals surface area (Å²) in [6.45, 7) is -0.543. The van der Waals surface area contributed by atoms with E-state index in [4.69, 9.17) is 9.84 Å². The maximum atomic E-state index is 12.1. The van der Waals surface area contributed by atoms with Crippen molar-refractivity contribution in [3.63, 3.8) is 0 Å². The third kappa shape index (κ3) is 8.49. The van der Waals surface area contributed by atoms with Gasteiger partial charge in [0.25, 0.3) is 0 Å². The van der Waals surface area contributed by atoms with E-state index in [1.54, 1.807) is 6.92 Å². The Morgan fingerprint density at radius 2 is 1.94 bits per heavy atom. The Morgan fingerprint density at radius 3 is 2.35 bits per heavy atom. The monoisotopic (exact) mass is 257 g/mol. The highest BCUT2D eigenvalue weighted by molar-refractivity contribution is 5.81. The number of alkyl halides is 3. The molecular weight excluding hydrogens is 243 g/mol.